The summed E-state index contributed by atoms with van der Waals surface area (Å²) in [5.41, 5.74) is 13.0. The molecule has 0 unspecified atom stereocenters. The zero-order valence-corrected chi connectivity index (χ0v) is 34.1. The Morgan fingerprint density at radius 1 is 0.246 bits per heavy atom. The Balaban J connectivity index is 0.990. The second kappa shape index (κ2) is 12.7. The summed E-state index contributed by atoms with van der Waals surface area (Å²) < 4.78 is 0. The molecule has 1 aliphatic carbocycles. The molecule has 0 aliphatic heterocycles. The fourth-order valence-corrected chi connectivity index (χ4v) is 11.4. The minimum absolute atomic E-state index is 0.187. The first-order valence-corrected chi connectivity index (χ1v) is 21.5. The van der Waals surface area contributed by atoms with Gasteiger partial charge >= 0.3 is 0 Å². The molecule has 0 amide bonds. The van der Waals surface area contributed by atoms with Crippen LogP contribution in [0.1, 0.15) is 25.0 Å². The Morgan fingerprint density at radius 2 is 0.705 bits per heavy atom. The van der Waals surface area contributed by atoms with E-state index in [1.54, 1.807) is 0 Å². The predicted molar refractivity (Wildman–Crippen MR) is 263 cm³/mol. The molecule has 284 valence electrons. The minimum Gasteiger partial charge on any atom is -0.0616 e. The number of hydrogen-bond acceptors (Lipinski definition) is 0. The van der Waals surface area contributed by atoms with Gasteiger partial charge in [-0.3, -0.25) is 0 Å². The van der Waals surface area contributed by atoms with Gasteiger partial charge in [0.05, 0.1) is 0 Å². The van der Waals surface area contributed by atoms with Crippen LogP contribution >= 0.6 is 0 Å². The first-order chi connectivity index (χ1) is 30.0. The van der Waals surface area contributed by atoms with Crippen molar-refractivity contribution in [3.8, 4) is 44.5 Å². The maximum atomic E-state index is 2.43. The van der Waals surface area contributed by atoms with Gasteiger partial charge in [0.1, 0.15) is 0 Å². The largest absolute Gasteiger partial charge is 0.0616 e. The van der Waals surface area contributed by atoms with Crippen molar-refractivity contribution >= 4 is 75.4 Å². The first-order valence-electron chi connectivity index (χ1n) is 21.5. The van der Waals surface area contributed by atoms with Crippen LogP contribution in [0.25, 0.3) is 120 Å². The van der Waals surface area contributed by atoms with E-state index in [9.17, 15) is 0 Å². The van der Waals surface area contributed by atoms with E-state index in [2.05, 4.69) is 220 Å². The van der Waals surface area contributed by atoms with Gasteiger partial charge in [-0.2, -0.15) is 0 Å². The van der Waals surface area contributed by atoms with E-state index in [0.717, 1.165) is 0 Å². The molecule has 0 bridgehead atoms. The Labute approximate surface area is 355 Å². The van der Waals surface area contributed by atoms with Crippen LogP contribution in [0, 0.1) is 0 Å². The summed E-state index contributed by atoms with van der Waals surface area (Å²) in [6.07, 6.45) is 0. The van der Waals surface area contributed by atoms with Crippen molar-refractivity contribution in [1.29, 1.82) is 0 Å². The third-order valence-corrected chi connectivity index (χ3v) is 13.9. The Hall–Kier alpha value is -7.54. The predicted octanol–water partition coefficient (Wildman–Crippen LogP) is 17.1. The van der Waals surface area contributed by atoms with Gasteiger partial charge in [0.15, 0.2) is 0 Å². The molecule has 0 N–H and O–H groups in total. The Bertz CT molecular complexity index is 3770. The second-order valence-corrected chi connectivity index (χ2v) is 17.5. The van der Waals surface area contributed by atoms with Crippen molar-refractivity contribution in [3.05, 3.63) is 217 Å². The van der Waals surface area contributed by atoms with E-state index in [0.29, 0.717) is 0 Å². The van der Waals surface area contributed by atoms with Gasteiger partial charge in [0, 0.05) is 5.41 Å². The first kappa shape index (κ1) is 34.3. The minimum atomic E-state index is -0.187. The lowest BCUT2D eigenvalue weighted by molar-refractivity contribution is 0.668. The van der Waals surface area contributed by atoms with Crippen molar-refractivity contribution in [2.75, 3.05) is 0 Å². The summed E-state index contributed by atoms with van der Waals surface area (Å²) in [7, 11) is 0. The fraction of sp³-hybridized carbons (Fsp3) is 0.0492. The van der Waals surface area contributed by atoms with Crippen molar-refractivity contribution in [1.82, 2.24) is 0 Å². The fourth-order valence-electron chi connectivity index (χ4n) is 11.4. The third kappa shape index (κ3) is 4.82. The molecule has 0 saturated heterocycles. The lowest BCUT2D eigenvalue weighted by Gasteiger charge is -2.26. The summed E-state index contributed by atoms with van der Waals surface area (Å²) in [6, 6.07) is 77.3. The topological polar surface area (TPSA) is 0 Å². The molecule has 0 nitrogen and oxygen atoms in total. The molecule has 0 saturated carbocycles. The van der Waals surface area contributed by atoms with E-state index < -0.39 is 0 Å². The van der Waals surface area contributed by atoms with Crippen LogP contribution in [0.5, 0.6) is 0 Å². The van der Waals surface area contributed by atoms with Crippen molar-refractivity contribution in [3.63, 3.8) is 0 Å². The number of fused-ring (bicyclic) bond motifs is 14. The van der Waals surface area contributed by atoms with Crippen molar-refractivity contribution in [2.45, 2.75) is 19.3 Å². The lowest BCUT2D eigenvalue weighted by Crippen LogP contribution is -2.17. The van der Waals surface area contributed by atoms with Crippen LogP contribution in [-0.2, 0) is 5.41 Å². The summed E-state index contributed by atoms with van der Waals surface area (Å²) in [6.45, 7) is 4.86. The Kier molecular flexibility index (Phi) is 7.17. The van der Waals surface area contributed by atoms with Crippen LogP contribution in [0.2, 0.25) is 0 Å². The standard InChI is InChI=1S/C61H40/c1-61(2)59-42(25-13-28-54(59)58-48-19-7-5-17-43(48)44-18-6-12-24-53(44)60(58)61)37-29-31-38(32-30-37)56-49-20-8-10-22-51(49)57(52-23-11-9-21-50(52)56)47-27-14-26-45-46(47)34-33-41-35-39-15-3-4-16-40(39)36-55(41)45/h3-36H,1-2H3. The van der Waals surface area contributed by atoms with E-state index in [1.807, 2.05) is 0 Å². The van der Waals surface area contributed by atoms with Crippen molar-refractivity contribution < 1.29 is 0 Å². The van der Waals surface area contributed by atoms with Crippen LogP contribution in [0.4, 0.5) is 0 Å². The quantitative estimate of drug-likeness (QED) is 0.124. The van der Waals surface area contributed by atoms with Gasteiger partial charge in [-0.05, 0) is 143 Å². The molecule has 0 fully saturated rings. The molecule has 0 heterocycles. The van der Waals surface area contributed by atoms with Gasteiger partial charge < -0.3 is 0 Å². The van der Waals surface area contributed by atoms with Crippen molar-refractivity contribution in [2.24, 2.45) is 0 Å². The van der Waals surface area contributed by atoms with E-state index >= 15 is 0 Å². The monoisotopic (exact) mass is 772 g/mol. The summed E-state index contributed by atoms with van der Waals surface area (Å²) in [5.74, 6) is 0. The normalized spacial score (nSPS) is 13.2. The third-order valence-electron chi connectivity index (χ3n) is 13.9. The molecule has 61 heavy (non-hydrogen) atoms. The lowest BCUT2D eigenvalue weighted by atomic mass is 9.76. The summed E-state index contributed by atoms with van der Waals surface area (Å²) in [4.78, 5) is 0. The van der Waals surface area contributed by atoms with Gasteiger partial charge in [0.25, 0.3) is 0 Å². The second-order valence-electron chi connectivity index (χ2n) is 17.5. The summed E-state index contributed by atoms with van der Waals surface area (Å²) >= 11 is 0. The molecule has 12 aromatic rings. The highest BCUT2D eigenvalue weighted by Gasteiger charge is 2.40. The molecule has 0 atom stereocenters. The maximum absolute atomic E-state index is 2.43. The average Bonchev–Trinajstić information content (AvgIpc) is 3.56. The maximum Gasteiger partial charge on any atom is 0.0171 e. The molecule has 0 spiro atoms. The van der Waals surface area contributed by atoms with E-state index in [1.165, 1.54) is 131 Å². The molecular weight excluding hydrogens is 733 g/mol. The highest BCUT2D eigenvalue weighted by molar-refractivity contribution is 6.25. The highest BCUT2D eigenvalue weighted by atomic mass is 14.4. The molecule has 0 aromatic heterocycles. The van der Waals surface area contributed by atoms with Gasteiger partial charge in [0.2, 0.25) is 0 Å². The van der Waals surface area contributed by atoms with Crippen LogP contribution in [-0.4, -0.2) is 0 Å². The zero-order valence-electron chi connectivity index (χ0n) is 34.1. The van der Waals surface area contributed by atoms with E-state index in [-0.39, 0.29) is 5.41 Å². The molecule has 13 rings (SSSR count). The van der Waals surface area contributed by atoms with Gasteiger partial charge in [-0.1, -0.05) is 208 Å². The van der Waals surface area contributed by atoms with Crippen LogP contribution < -0.4 is 0 Å². The molecule has 0 heteroatoms. The molecule has 12 aromatic carbocycles. The zero-order chi connectivity index (χ0) is 40.4. The SMILES string of the molecule is CC1(C)c2c(-c3ccc(-c4c5ccccc5c(-c5cccc6c5ccc5cc7ccccc7cc56)c5ccccc45)cc3)cccc2-c2c1c1ccccc1c1ccccc21. The van der Waals surface area contributed by atoms with Crippen LogP contribution in [0.3, 0.4) is 0 Å². The average molecular weight is 773 g/mol. The van der Waals surface area contributed by atoms with Gasteiger partial charge in [-0.25, -0.2) is 0 Å². The van der Waals surface area contributed by atoms with Gasteiger partial charge in [-0.15, -0.1) is 0 Å². The number of rotatable bonds is 3. The number of benzene rings is 12. The van der Waals surface area contributed by atoms with Crippen LogP contribution in [0.15, 0.2) is 206 Å². The van der Waals surface area contributed by atoms with E-state index in [4.69, 9.17) is 0 Å². The Morgan fingerprint density at radius 3 is 1.38 bits per heavy atom. The molecular formula is C61H40. The smallest absolute Gasteiger partial charge is 0.0171 e. The number of hydrogen-bond donors (Lipinski definition) is 0. The highest BCUT2D eigenvalue weighted by Crippen LogP contribution is 2.57. The molecule has 0 radical (unpaired) electrons. The molecule has 1 aliphatic rings. The summed E-state index contributed by atoms with van der Waals surface area (Å²) in [5, 5.41) is 18.1.